The number of aryl methyl sites for hydroxylation is 1. The highest BCUT2D eigenvalue weighted by molar-refractivity contribution is 5.97. The molecule has 1 N–H and O–H groups in total. The van der Waals surface area contributed by atoms with Crippen molar-refractivity contribution in [2.45, 2.75) is 39.2 Å². The third-order valence-corrected chi connectivity index (χ3v) is 4.25. The normalized spacial score (nSPS) is 11.3. The highest BCUT2D eigenvalue weighted by Crippen LogP contribution is 2.17. The smallest absolute Gasteiger partial charge is 0.331 e. The minimum absolute atomic E-state index is 0.119. The first kappa shape index (κ1) is 17.7. The molecule has 0 spiro atoms. The van der Waals surface area contributed by atoms with Crippen LogP contribution in [0.25, 0.3) is 5.65 Å². The fourth-order valence-electron chi connectivity index (χ4n) is 2.58. The van der Waals surface area contributed by atoms with E-state index in [2.05, 4.69) is 10.3 Å². The van der Waals surface area contributed by atoms with Gasteiger partial charge in [0.15, 0.2) is 0 Å². The number of nitrogens with one attached hydrogen (secondary N) is 1. The van der Waals surface area contributed by atoms with Crippen molar-refractivity contribution in [1.82, 2.24) is 14.7 Å². The monoisotopic (exact) mass is 331 g/mol. The average Bonchev–Trinajstić information content (AvgIpc) is 2.59. The molecule has 7 nitrogen and oxygen atoms in total. The van der Waals surface area contributed by atoms with E-state index in [0.717, 1.165) is 5.56 Å². The zero-order valence-electron chi connectivity index (χ0n) is 14.3. The van der Waals surface area contributed by atoms with Crippen LogP contribution >= 0.6 is 0 Å². The van der Waals surface area contributed by atoms with Crippen molar-refractivity contribution in [3.05, 3.63) is 46.0 Å². The molecule has 2 rings (SSSR count). The number of esters is 1. The molecule has 0 saturated heterocycles. The Kier molecular flexibility index (Phi) is 5.02. The van der Waals surface area contributed by atoms with E-state index in [1.165, 1.54) is 17.7 Å². The molecular weight excluding hydrogens is 310 g/mol. The van der Waals surface area contributed by atoms with Gasteiger partial charge in [0.25, 0.3) is 11.5 Å². The summed E-state index contributed by atoms with van der Waals surface area (Å²) in [6, 6.07) is 3.51. The van der Waals surface area contributed by atoms with Crippen LogP contribution in [0.3, 0.4) is 0 Å². The molecule has 0 aliphatic rings. The molecule has 2 heterocycles. The number of methoxy groups -OCH3 is 1. The molecule has 1 amide bonds. The third-order valence-electron chi connectivity index (χ3n) is 4.25. The minimum atomic E-state index is -1.16. The van der Waals surface area contributed by atoms with Crippen LogP contribution in [0.2, 0.25) is 0 Å². The Bertz CT molecular complexity index is 837. The van der Waals surface area contributed by atoms with Gasteiger partial charge in [-0.15, -0.1) is 0 Å². The fraction of sp³-hybridized carbons (Fsp3) is 0.412. The Morgan fingerprint density at radius 3 is 2.58 bits per heavy atom. The molecule has 0 fully saturated rings. The summed E-state index contributed by atoms with van der Waals surface area (Å²) in [5, 5.41) is 2.65. The maximum Gasteiger partial charge on any atom is 0.331 e. The van der Waals surface area contributed by atoms with Crippen LogP contribution in [-0.4, -0.2) is 33.9 Å². The van der Waals surface area contributed by atoms with Gasteiger partial charge in [0, 0.05) is 12.4 Å². The minimum Gasteiger partial charge on any atom is -0.467 e. The lowest BCUT2D eigenvalue weighted by molar-refractivity contribution is -0.148. The Balaban J connectivity index is 2.44. The molecule has 128 valence electrons. The van der Waals surface area contributed by atoms with Gasteiger partial charge in [-0.05, 0) is 37.5 Å². The SMILES string of the molecule is CCC(CC)(NC(=O)c1cnc2cc(C)ccn2c1=O)C(=O)OC. The maximum absolute atomic E-state index is 12.6. The van der Waals surface area contributed by atoms with Crippen LogP contribution in [0, 0.1) is 6.92 Å². The number of carbonyl (C=O) groups is 2. The maximum atomic E-state index is 12.6. The molecule has 2 aromatic heterocycles. The molecule has 0 aliphatic heterocycles. The molecule has 0 atom stereocenters. The second-order valence-electron chi connectivity index (χ2n) is 5.64. The van der Waals surface area contributed by atoms with Gasteiger partial charge in [0.1, 0.15) is 16.7 Å². The number of fused-ring (bicyclic) bond motifs is 1. The van der Waals surface area contributed by atoms with Crippen molar-refractivity contribution in [2.75, 3.05) is 7.11 Å². The molecule has 0 aromatic carbocycles. The van der Waals surface area contributed by atoms with E-state index in [1.807, 2.05) is 6.92 Å². The number of nitrogens with zero attached hydrogens (tertiary/aromatic N) is 2. The van der Waals surface area contributed by atoms with Gasteiger partial charge < -0.3 is 10.1 Å². The Labute approximate surface area is 139 Å². The molecule has 0 saturated carbocycles. The molecular formula is C17H21N3O4. The summed E-state index contributed by atoms with van der Waals surface area (Å²) in [6.07, 6.45) is 3.51. The summed E-state index contributed by atoms with van der Waals surface area (Å²) in [7, 11) is 1.27. The molecule has 0 bridgehead atoms. The number of pyridine rings is 1. The molecule has 0 radical (unpaired) electrons. The lowest BCUT2D eigenvalue weighted by Gasteiger charge is -2.29. The predicted molar refractivity (Wildman–Crippen MR) is 89.0 cm³/mol. The van der Waals surface area contributed by atoms with Crippen LogP contribution in [0.5, 0.6) is 0 Å². The van der Waals surface area contributed by atoms with Crippen molar-refractivity contribution in [1.29, 1.82) is 0 Å². The van der Waals surface area contributed by atoms with Crippen molar-refractivity contribution in [3.63, 3.8) is 0 Å². The van der Waals surface area contributed by atoms with Gasteiger partial charge in [-0.25, -0.2) is 9.78 Å². The lowest BCUT2D eigenvalue weighted by atomic mass is 9.92. The van der Waals surface area contributed by atoms with E-state index >= 15 is 0 Å². The highest BCUT2D eigenvalue weighted by Gasteiger charge is 2.38. The van der Waals surface area contributed by atoms with Crippen LogP contribution in [-0.2, 0) is 9.53 Å². The Morgan fingerprint density at radius 2 is 2.00 bits per heavy atom. The van der Waals surface area contributed by atoms with Crippen LogP contribution in [0.4, 0.5) is 0 Å². The zero-order chi connectivity index (χ0) is 17.9. The number of hydrogen-bond acceptors (Lipinski definition) is 5. The quantitative estimate of drug-likeness (QED) is 0.838. The largest absolute Gasteiger partial charge is 0.467 e. The predicted octanol–water partition coefficient (Wildman–Crippen LogP) is 1.46. The van der Waals surface area contributed by atoms with Crippen LogP contribution < -0.4 is 10.9 Å². The molecule has 7 heteroatoms. The molecule has 2 aromatic rings. The fourth-order valence-corrected chi connectivity index (χ4v) is 2.58. The summed E-state index contributed by atoms with van der Waals surface area (Å²) < 4.78 is 6.10. The van der Waals surface area contributed by atoms with Gasteiger partial charge in [0.05, 0.1) is 7.11 Å². The second kappa shape index (κ2) is 6.82. The van der Waals surface area contributed by atoms with Gasteiger partial charge in [-0.3, -0.25) is 14.0 Å². The van der Waals surface area contributed by atoms with Gasteiger partial charge in [-0.1, -0.05) is 13.8 Å². The van der Waals surface area contributed by atoms with Crippen LogP contribution in [0.1, 0.15) is 42.6 Å². The number of ether oxygens (including phenoxy) is 1. The van der Waals surface area contributed by atoms with E-state index in [1.54, 1.807) is 32.2 Å². The summed E-state index contributed by atoms with van der Waals surface area (Å²) in [5.74, 6) is -1.18. The van der Waals surface area contributed by atoms with Crippen molar-refractivity contribution < 1.29 is 14.3 Å². The first-order valence-corrected chi connectivity index (χ1v) is 7.77. The summed E-state index contributed by atoms with van der Waals surface area (Å²) in [4.78, 5) is 41.3. The van der Waals surface area contributed by atoms with E-state index in [-0.39, 0.29) is 5.56 Å². The van der Waals surface area contributed by atoms with Gasteiger partial charge in [-0.2, -0.15) is 0 Å². The van der Waals surface area contributed by atoms with Crippen molar-refractivity contribution in [3.8, 4) is 0 Å². The van der Waals surface area contributed by atoms with E-state index in [0.29, 0.717) is 18.5 Å². The van der Waals surface area contributed by atoms with E-state index in [9.17, 15) is 14.4 Å². The first-order valence-electron chi connectivity index (χ1n) is 7.77. The zero-order valence-corrected chi connectivity index (χ0v) is 14.3. The molecule has 24 heavy (non-hydrogen) atoms. The average molecular weight is 331 g/mol. The number of rotatable bonds is 5. The third kappa shape index (κ3) is 3.02. The number of aromatic nitrogens is 2. The highest BCUT2D eigenvalue weighted by atomic mass is 16.5. The number of hydrogen-bond donors (Lipinski definition) is 1. The second-order valence-corrected chi connectivity index (χ2v) is 5.64. The van der Waals surface area contributed by atoms with Crippen molar-refractivity contribution in [2.24, 2.45) is 0 Å². The molecule has 0 aliphatic carbocycles. The Hall–Kier alpha value is -2.70. The lowest BCUT2D eigenvalue weighted by Crippen LogP contribution is -2.55. The van der Waals surface area contributed by atoms with Gasteiger partial charge in [0.2, 0.25) is 0 Å². The first-order chi connectivity index (χ1) is 11.4. The summed E-state index contributed by atoms with van der Waals surface area (Å²) in [6.45, 7) is 5.43. The molecule has 0 unspecified atom stereocenters. The van der Waals surface area contributed by atoms with Crippen LogP contribution in [0.15, 0.2) is 29.3 Å². The topological polar surface area (TPSA) is 89.8 Å². The number of amides is 1. The number of carbonyl (C=O) groups excluding carboxylic acids is 2. The summed E-state index contributed by atoms with van der Waals surface area (Å²) in [5.41, 5.74) is -0.344. The summed E-state index contributed by atoms with van der Waals surface area (Å²) >= 11 is 0. The van der Waals surface area contributed by atoms with E-state index in [4.69, 9.17) is 4.74 Å². The standard InChI is InChI=1S/C17H21N3O4/c1-5-17(6-2,16(23)24-4)19-14(21)12-10-18-13-9-11(3)7-8-20(13)15(12)22/h7-10H,5-6H2,1-4H3,(H,19,21). The van der Waals surface area contributed by atoms with Crippen molar-refractivity contribution >= 4 is 17.5 Å². The van der Waals surface area contributed by atoms with Gasteiger partial charge >= 0.3 is 5.97 Å². The van der Waals surface area contributed by atoms with E-state index < -0.39 is 23.0 Å². The Morgan fingerprint density at radius 1 is 1.33 bits per heavy atom.